The first kappa shape index (κ1) is 28.8. The minimum absolute atomic E-state index is 0.326. The maximum Gasteiger partial charge on any atom is 0.303 e. The van der Waals surface area contributed by atoms with Gasteiger partial charge in [-0.1, -0.05) is 31.8 Å². The Labute approximate surface area is 150 Å². The van der Waals surface area contributed by atoms with Crippen LogP contribution in [0, 0.1) is 0 Å². The molecule has 8 heteroatoms. The van der Waals surface area contributed by atoms with E-state index in [9.17, 15) is 4.79 Å². The standard InChI is InChI=1S/C11H20O2.2C3H8O3/c1-2-3-4-5-6-7-8-9-10-11(12)13;2*4-1-3(6)2-5/h2H,1,3-10H2,(H,12,13);2*3-6H,1-2H2. The normalized spacial score (nSPS) is 9.92. The highest BCUT2D eigenvalue weighted by atomic mass is 16.4. The van der Waals surface area contributed by atoms with Crippen LogP contribution in [0.4, 0.5) is 0 Å². The van der Waals surface area contributed by atoms with Gasteiger partial charge in [-0.2, -0.15) is 0 Å². The fourth-order valence-corrected chi connectivity index (χ4v) is 1.39. The third-order valence-electron chi connectivity index (χ3n) is 2.89. The van der Waals surface area contributed by atoms with E-state index >= 15 is 0 Å². The van der Waals surface area contributed by atoms with Gasteiger partial charge in [-0.05, 0) is 19.3 Å². The van der Waals surface area contributed by atoms with Crippen LogP contribution in [0.15, 0.2) is 12.7 Å². The highest BCUT2D eigenvalue weighted by Crippen LogP contribution is 2.08. The van der Waals surface area contributed by atoms with Crippen molar-refractivity contribution in [3.8, 4) is 0 Å². The van der Waals surface area contributed by atoms with Crippen LogP contribution in [-0.4, -0.2) is 80.4 Å². The van der Waals surface area contributed by atoms with Crippen molar-refractivity contribution >= 4 is 5.97 Å². The van der Waals surface area contributed by atoms with Crippen LogP contribution in [0.3, 0.4) is 0 Å². The van der Waals surface area contributed by atoms with Crippen LogP contribution in [0.1, 0.15) is 51.4 Å². The van der Waals surface area contributed by atoms with E-state index in [0.29, 0.717) is 6.42 Å². The molecule has 0 rings (SSSR count). The average molecular weight is 368 g/mol. The molecule has 0 aromatic carbocycles. The number of carboxylic acids is 1. The molecule has 0 saturated carbocycles. The molecule has 0 amide bonds. The van der Waals surface area contributed by atoms with Crippen LogP contribution in [0.5, 0.6) is 0 Å². The Morgan fingerprint density at radius 1 is 0.760 bits per heavy atom. The van der Waals surface area contributed by atoms with Crippen molar-refractivity contribution in [1.82, 2.24) is 0 Å². The predicted octanol–water partition coefficient (Wildman–Crippen LogP) is 0.0416. The summed E-state index contributed by atoms with van der Waals surface area (Å²) in [6, 6.07) is 0. The molecular weight excluding hydrogens is 332 g/mol. The Kier molecular flexibility index (Phi) is 29.0. The van der Waals surface area contributed by atoms with E-state index in [4.69, 9.17) is 35.7 Å². The minimum Gasteiger partial charge on any atom is -0.481 e. The number of allylic oxidation sites excluding steroid dienone is 1. The third-order valence-corrected chi connectivity index (χ3v) is 2.89. The largest absolute Gasteiger partial charge is 0.481 e. The van der Waals surface area contributed by atoms with Crippen molar-refractivity contribution in [2.24, 2.45) is 0 Å². The molecule has 0 aliphatic heterocycles. The molecule has 0 aromatic rings. The summed E-state index contributed by atoms with van der Waals surface area (Å²) in [5.74, 6) is -0.674. The maximum atomic E-state index is 10.2. The Balaban J connectivity index is -0.000000336. The molecule has 0 fully saturated rings. The topological polar surface area (TPSA) is 159 Å². The van der Waals surface area contributed by atoms with Crippen molar-refractivity contribution in [3.63, 3.8) is 0 Å². The summed E-state index contributed by atoms with van der Waals surface area (Å²) in [6.45, 7) is 2.20. The second kappa shape index (κ2) is 25.2. The number of hydrogen-bond acceptors (Lipinski definition) is 7. The molecule has 7 N–H and O–H groups in total. The number of aliphatic hydroxyl groups is 6. The summed E-state index contributed by atoms with van der Waals surface area (Å²) < 4.78 is 0. The molecule has 0 aromatic heterocycles. The summed E-state index contributed by atoms with van der Waals surface area (Å²) in [5.41, 5.74) is 0. The molecule has 0 radical (unpaired) electrons. The van der Waals surface area contributed by atoms with Crippen molar-refractivity contribution in [2.75, 3.05) is 26.4 Å². The fourth-order valence-electron chi connectivity index (χ4n) is 1.39. The Morgan fingerprint density at radius 2 is 1.12 bits per heavy atom. The Bertz CT molecular complexity index is 255. The fraction of sp³-hybridized carbons (Fsp3) is 0.824. The summed E-state index contributed by atoms with van der Waals surface area (Å²) in [7, 11) is 0. The lowest BCUT2D eigenvalue weighted by atomic mass is 10.1. The average Bonchev–Trinajstić information content (AvgIpc) is 2.63. The molecule has 0 heterocycles. The lowest BCUT2D eigenvalue weighted by molar-refractivity contribution is -0.137. The van der Waals surface area contributed by atoms with E-state index < -0.39 is 18.2 Å². The van der Waals surface area contributed by atoms with E-state index in [0.717, 1.165) is 19.3 Å². The van der Waals surface area contributed by atoms with E-state index in [-0.39, 0.29) is 26.4 Å². The van der Waals surface area contributed by atoms with E-state index in [1.165, 1.54) is 25.7 Å². The molecule has 0 saturated heterocycles. The van der Waals surface area contributed by atoms with Gasteiger partial charge < -0.3 is 35.7 Å². The molecular formula is C17H36O8. The third kappa shape index (κ3) is 35.1. The van der Waals surface area contributed by atoms with Gasteiger partial charge in [0.05, 0.1) is 26.4 Å². The van der Waals surface area contributed by atoms with Crippen LogP contribution >= 0.6 is 0 Å². The number of carbonyl (C=O) groups is 1. The number of unbranched alkanes of at least 4 members (excludes halogenated alkanes) is 6. The summed E-state index contributed by atoms with van der Waals surface area (Å²) in [4.78, 5) is 10.2. The van der Waals surface area contributed by atoms with Gasteiger partial charge >= 0.3 is 5.97 Å². The van der Waals surface area contributed by atoms with Gasteiger partial charge in [-0.3, -0.25) is 4.79 Å². The number of aliphatic carboxylic acids is 1. The van der Waals surface area contributed by atoms with Gasteiger partial charge in [0.15, 0.2) is 0 Å². The van der Waals surface area contributed by atoms with E-state index in [1.54, 1.807) is 0 Å². The monoisotopic (exact) mass is 368 g/mol. The van der Waals surface area contributed by atoms with Gasteiger partial charge in [0.2, 0.25) is 0 Å². The van der Waals surface area contributed by atoms with Crippen molar-refractivity contribution in [3.05, 3.63) is 12.7 Å². The van der Waals surface area contributed by atoms with Gasteiger partial charge in [-0.25, -0.2) is 0 Å². The molecule has 0 atom stereocenters. The maximum absolute atomic E-state index is 10.2. The minimum atomic E-state index is -0.954. The smallest absolute Gasteiger partial charge is 0.303 e. The Morgan fingerprint density at radius 3 is 1.40 bits per heavy atom. The number of hydrogen-bond donors (Lipinski definition) is 7. The predicted molar refractivity (Wildman–Crippen MR) is 95.1 cm³/mol. The zero-order chi connectivity index (χ0) is 19.9. The van der Waals surface area contributed by atoms with E-state index in [2.05, 4.69) is 6.58 Å². The van der Waals surface area contributed by atoms with E-state index in [1.807, 2.05) is 6.08 Å². The second-order valence-electron chi connectivity index (χ2n) is 5.38. The first-order valence-corrected chi connectivity index (χ1v) is 8.51. The number of rotatable bonds is 13. The van der Waals surface area contributed by atoms with Gasteiger partial charge in [0.1, 0.15) is 12.2 Å². The van der Waals surface area contributed by atoms with Crippen LogP contribution in [-0.2, 0) is 4.79 Å². The molecule has 0 aliphatic rings. The summed E-state index contributed by atoms with van der Waals surface area (Å²) in [6.07, 6.45) is 8.23. The van der Waals surface area contributed by atoms with Gasteiger partial charge in [0.25, 0.3) is 0 Å². The quantitative estimate of drug-likeness (QED) is 0.177. The molecule has 152 valence electrons. The molecule has 0 bridgehead atoms. The van der Waals surface area contributed by atoms with Crippen LogP contribution in [0.2, 0.25) is 0 Å². The highest BCUT2D eigenvalue weighted by Gasteiger charge is 1.96. The SMILES string of the molecule is C=CCCCCCCCCC(=O)O.OCC(O)CO.OCC(O)CO. The lowest BCUT2D eigenvalue weighted by Crippen LogP contribution is -2.15. The summed E-state index contributed by atoms with van der Waals surface area (Å²) in [5, 5.41) is 56.4. The highest BCUT2D eigenvalue weighted by molar-refractivity contribution is 5.66. The lowest BCUT2D eigenvalue weighted by Gasteiger charge is -1.98. The van der Waals surface area contributed by atoms with Gasteiger partial charge in [0, 0.05) is 6.42 Å². The van der Waals surface area contributed by atoms with Crippen LogP contribution < -0.4 is 0 Å². The van der Waals surface area contributed by atoms with Crippen molar-refractivity contribution in [1.29, 1.82) is 0 Å². The first-order chi connectivity index (χ1) is 11.9. The zero-order valence-corrected chi connectivity index (χ0v) is 15.0. The molecule has 8 nitrogen and oxygen atoms in total. The molecule has 25 heavy (non-hydrogen) atoms. The van der Waals surface area contributed by atoms with Crippen molar-refractivity contribution < 1.29 is 40.5 Å². The van der Waals surface area contributed by atoms with Crippen LogP contribution in [0.25, 0.3) is 0 Å². The number of carboxylic acid groups (broad SMARTS) is 1. The molecule has 0 unspecified atom stereocenters. The van der Waals surface area contributed by atoms with Gasteiger partial charge in [-0.15, -0.1) is 6.58 Å². The number of aliphatic hydroxyl groups excluding tert-OH is 6. The first-order valence-electron chi connectivity index (χ1n) is 8.51. The summed E-state index contributed by atoms with van der Waals surface area (Å²) >= 11 is 0. The molecule has 0 aliphatic carbocycles. The Hall–Kier alpha value is -1.03. The zero-order valence-electron chi connectivity index (χ0n) is 15.0. The molecule has 0 spiro atoms. The second-order valence-corrected chi connectivity index (χ2v) is 5.38. The van der Waals surface area contributed by atoms with Crippen molar-refractivity contribution in [2.45, 2.75) is 63.6 Å².